The fourth-order valence-corrected chi connectivity index (χ4v) is 5.28. The average molecular weight is 418 g/mol. The van der Waals surface area contributed by atoms with Crippen LogP contribution in [0.25, 0.3) is 0 Å². The van der Waals surface area contributed by atoms with Crippen LogP contribution in [0.1, 0.15) is 37.0 Å². The summed E-state index contributed by atoms with van der Waals surface area (Å²) >= 11 is 1.95. The van der Waals surface area contributed by atoms with Crippen LogP contribution in [0.15, 0.2) is 49.6 Å². The maximum absolute atomic E-state index is 13.3. The summed E-state index contributed by atoms with van der Waals surface area (Å²) in [6.45, 7) is 14.0. The first-order chi connectivity index (χ1) is 14.0. The van der Waals surface area contributed by atoms with Crippen LogP contribution in [0.5, 0.6) is 0 Å². The number of hydrogen-bond donors (Lipinski definition) is 0. The van der Waals surface area contributed by atoms with Crippen LogP contribution in [0.4, 0.5) is 5.69 Å². The zero-order chi connectivity index (χ0) is 21.4. The molecular formula is C22H31N3O3S. The summed E-state index contributed by atoms with van der Waals surface area (Å²) in [6.07, 6.45) is 5.76. The molecule has 0 aromatic heterocycles. The lowest BCUT2D eigenvalue weighted by atomic mass is 10.1. The van der Waals surface area contributed by atoms with Gasteiger partial charge in [-0.15, -0.1) is 13.2 Å². The van der Waals surface area contributed by atoms with Gasteiger partial charge in [0.2, 0.25) is 0 Å². The minimum atomic E-state index is -0.451. The maximum Gasteiger partial charge on any atom is 0.269 e. The highest BCUT2D eigenvalue weighted by Gasteiger charge is 2.41. The molecule has 0 aliphatic heterocycles. The van der Waals surface area contributed by atoms with Crippen molar-refractivity contribution in [2.24, 2.45) is 0 Å². The van der Waals surface area contributed by atoms with E-state index in [1.54, 1.807) is 12.1 Å². The molecule has 0 radical (unpaired) electrons. The Morgan fingerprint density at radius 2 is 1.76 bits per heavy atom. The Morgan fingerprint density at radius 1 is 1.17 bits per heavy atom. The molecular weight excluding hydrogens is 386 g/mol. The molecule has 1 aromatic carbocycles. The summed E-state index contributed by atoms with van der Waals surface area (Å²) in [6, 6.07) is 6.21. The van der Waals surface area contributed by atoms with E-state index in [-0.39, 0.29) is 23.7 Å². The van der Waals surface area contributed by atoms with E-state index in [0.29, 0.717) is 17.4 Å². The number of thioether (sulfide) groups is 1. The van der Waals surface area contributed by atoms with E-state index in [1.807, 2.05) is 35.7 Å². The van der Waals surface area contributed by atoms with E-state index < -0.39 is 4.92 Å². The predicted octanol–water partition coefficient (Wildman–Crippen LogP) is 4.38. The summed E-state index contributed by atoms with van der Waals surface area (Å²) in [4.78, 5) is 28.0. The molecule has 0 bridgehead atoms. The summed E-state index contributed by atoms with van der Waals surface area (Å²) in [5.74, 6) is 0.979. The third-order valence-corrected chi connectivity index (χ3v) is 6.57. The van der Waals surface area contributed by atoms with Crippen molar-refractivity contribution in [2.75, 3.05) is 25.4 Å². The number of nitro benzene ring substituents is 1. The average Bonchev–Trinajstić information content (AvgIpc) is 3.12. The van der Waals surface area contributed by atoms with E-state index in [4.69, 9.17) is 0 Å². The lowest BCUT2D eigenvalue weighted by Crippen LogP contribution is -2.51. The molecule has 0 spiro atoms. The number of benzene rings is 1. The second-order valence-corrected chi connectivity index (χ2v) is 8.69. The second kappa shape index (κ2) is 11.2. The first kappa shape index (κ1) is 23.2. The molecule has 0 saturated heterocycles. The monoisotopic (exact) mass is 417 g/mol. The lowest BCUT2D eigenvalue weighted by molar-refractivity contribution is -0.384. The van der Waals surface area contributed by atoms with Gasteiger partial charge in [-0.3, -0.25) is 19.8 Å². The SMILES string of the molecule is C=CCN(CC=C)C1CC(SCC)CC1N(CC)C(=O)c1ccc([N+](=O)[O-])cc1. The van der Waals surface area contributed by atoms with Crippen molar-refractivity contribution in [3.63, 3.8) is 0 Å². The predicted molar refractivity (Wildman–Crippen MR) is 121 cm³/mol. The first-order valence-corrected chi connectivity index (χ1v) is 11.1. The van der Waals surface area contributed by atoms with Gasteiger partial charge in [-0.25, -0.2) is 0 Å². The smallest absolute Gasteiger partial charge is 0.269 e. The summed E-state index contributed by atoms with van der Waals surface area (Å²) in [7, 11) is 0. The Balaban J connectivity index is 2.30. The van der Waals surface area contributed by atoms with Gasteiger partial charge in [0.05, 0.1) is 4.92 Å². The number of nitrogens with zero attached hydrogens (tertiary/aromatic N) is 3. The molecule has 29 heavy (non-hydrogen) atoms. The summed E-state index contributed by atoms with van der Waals surface area (Å²) in [5.41, 5.74) is 0.479. The Labute approximate surface area is 177 Å². The zero-order valence-corrected chi connectivity index (χ0v) is 18.1. The molecule has 0 heterocycles. The van der Waals surface area contributed by atoms with Gasteiger partial charge in [0.25, 0.3) is 11.6 Å². The van der Waals surface area contributed by atoms with E-state index >= 15 is 0 Å². The highest BCUT2D eigenvalue weighted by atomic mass is 32.2. The number of likely N-dealkylation sites (N-methyl/N-ethyl adjacent to an activating group) is 1. The summed E-state index contributed by atoms with van der Waals surface area (Å²) in [5, 5.41) is 11.4. The molecule has 2 rings (SSSR count). The minimum Gasteiger partial charge on any atom is -0.334 e. The van der Waals surface area contributed by atoms with E-state index in [9.17, 15) is 14.9 Å². The van der Waals surface area contributed by atoms with Crippen molar-refractivity contribution in [1.29, 1.82) is 0 Å². The third kappa shape index (κ3) is 5.70. The highest BCUT2D eigenvalue weighted by Crippen LogP contribution is 2.36. The number of carbonyl (C=O) groups is 1. The van der Waals surface area contributed by atoms with Gasteiger partial charge < -0.3 is 4.90 Å². The van der Waals surface area contributed by atoms with Crippen molar-refractivity contribution in [3.05, 3.63) is 65.3 Å². The van der Waals surface area contributed by atoms with E-state index in [2.05, 4.69) is 25.0 Å². The molecule has 1 amide bonds. The Bertz CT molecular complexity index is 713. The molecule has 1 aliphatic carbocycles. The quantitative estimate of drug-likeness (QED) is 0.304. The molecule has 158 valence electrons. The van der Waals surface area contributed by atoms with Crippen molar-refractivity contribution in [1.82, 2.24) is 9.80 Å². The Kier molecular flexibility index (Phi) is 8.92. The van der Waals surface area contributed by atoms with Crippen molar-refractivity contribution < 1.29 is 9.72 Å². The Morgan fingerprint density at radius 3 is 2.24 bits per heavy atom. The minimum absolute atomic E-state index is 0.00843. The maximum atomic E-state index is 13.3. The van der Waals surface area contributed by atoms with Gasteiger partial charge in [-0.2, -0.15) is 11.8 Å². The number of rotatable bonds is 11. The molecule has 1 fully saturated rings. The van der Waals surface area contributed by atoms with Crippen LogP contribution < -0.4 is 0 Å². The molecule has 3 atom stereocenters. The second-order valence-electron chi connectivity index (χ2n) is 7.11. The standard InChI is InChI=1S/C22H31N3O3S/c1-5-13-23(14-6-2)20-15-19(29-8-4)16-21(20)24(7-3)22(26)17-9-11-18(12-10-17)25(27)28/h5-6,9-12,19-21H,1-2,7-8,13-16H2,3-4H3. The van der Waals surface area contributed by atoms with Crippen LogP contribution in [-0.4, -0.2) is 63.4 Å². The fraction of sp³-hybridized carbons (Fsp3) is 0.500. The van der Waals surface area contributed by atoms with Gasteiger partial charge in [-0.1, -0.05) is 19.1 Å². The van der Waals surface area contributed by atoms with Crippen molar-refractivity contribution in [2.45, 2.75) is 44.0 Å². The first-order valence-electron chi connectivity index (χ1n) is 10.1. The zero-order valence-electron chi connectivity index (χ0n) is 17.3. The van der Waals surface area contributed by atoms with Gasteiger partial charge >= 0.3 is 0 Å². The number of carbonyl (C=O) groups excluding carboxylic acids is 1. The molecule has 6 nitrogen and oxygen atoms in total. The lowest BCUT2D eigenvalue weighted by Gasteiger charge is -2.37. The molecule has 1 aromatic rings. The largest absolute Gasteiger partial charge is 0.334 e. The van der Waals surface area contributed by atoms with Gasteiger partial charge in [0.1, 0.15) is 0 Å². The number of amides is 1. The summed E-state index contributed by atoms with van der Waals surface area (Å²) < 4.78 is 0. The topological polar surface area (TPSA) is 66.7 Å². The Hall–Kier alpha value is -2.12. The van der Waals surface area contributed by atoms with Gasteiger partial charge in [-0.05, 0) is 37.7 Å². The number of nitro groups is 1. The van der Waals surface area contributed by atoms with Crippen LogP contribution in [-0.2, 0) is 0 Å². The molecule has 1 aliphatic rings. The third-order valence-electron chi connectivity index (χ3n) is 5.38. The van der Waals surface area contributed by atoms with Crippen LogP contribution >= 0.6 is 11.8 Å². The van der Waals surface area contributed by atoms with Gasteiger partial charge in [0, 0.05) is 54.7 Å². The molecule has 0 N–H and O–H groups in total. The van der Waals surface area contributed by atoms with Crippen molar-refractivity contribution in [3.8, 4) is 0 Å². The normalized spacial score (nSPS) is 21.1. The fourth-order valence-electron chi connectivity index (χ4n) is 4.15. The van der Waals surface area contributed by atoms with Gasteiger partial charge in [0.15, 0.2) is 0 Å². The van der Waals surface area contributed by atoms with Crippen LogP contribution in [0, 0.1) is 10.1 Å². The molecule has 1 saturated carbocycles. The molecule has 3 unspecified atom stereocenters. The van der Waals surface area contributed by atoms with Crippen molar-refractivity contribution >= 4 is 23.4 Å². The van der Waals surface area contributed by atoms with Crippen LogP contribution in [0.3, 0.4) is 0 Å². The highest BCUT2D eigenvalue weighted by molar-refractivity contribution is 7.99. The van der Waals surface area contributed by atoms with E-state index in [1.165, 1.54) is 12.1 Å². The van der Waals surface area contributed by atoms with E-state index in [0.717, 1.165) is 31.7 Å². The number of hydrogen-bond acceptors (Lipinski definition) is 5. The number of non-ortho nitro benzene ring substituents is 1. The molecule has 7 heteroatoms. The van der Waals surface area contributed by atoms with Crippen LogP contribution in [0.2, 0.25) is 0 Å².